The smallest absolute Gasteiger partial charge is 0.314 e. The van der Waals surface area contributed by atoms with Gasteiger partial charge >= 0.3 is 6.18 Å². The van der Waals surface area contributed by atoms with Crippen LogP contribution in [0, 0.1) is 11.8 Å². The van der Waals surface area contributed by atoms with Crippen LogP contribution in [0.3, 0.4) is 0 Å². The van der Waals surface area contributed by atoms with E-state index in [4.69, 9.17) is 0 Å². The molecule has 0 aromatic carbocycles. The highest BCUT2D eigenvalue weighted by Gasteiger charge is 2.41. The molecule has 0 amide bonds. The summed E-state index contributed by atoms with van der Waals surface area (Å²) in [4.78, 5) is 0. The Balaban J connectivity index is 1.65. The lowest BCUT2D eigenvalue weighted by molar-refractivity contribution is -0.183. The first-order chi connectivity index (χ1) is 9.05. The highest BCUT2D eigenvalue weighted by atomic mass is 19.4. The lowest BCUT2D eigenvalue weighted by Crippen LogP contribution is -2.39. The third-order valence-electron chi connectivity index (χ3n) is 4.85. The van der Waals surface area contributed by atoms with Crippen LogP contribution in [-0.4, -0.2) is 18.8 Å². The van der Waals surface area contributed by atoms with E-state index in [1.54, 1.807) is 0 Å². The number of alkyl halides is 3. The van der Waals surface area contributed by atoms with Gasteiger partial charge in [-0.3, -0.25) is 0 Å². The van der Waals surface area contributed by atoms with E-state index >= 15 is 0 Å². The van der Waals surface area contributed by atoms with Gasteiger partial charge in [0, 0.05) is 6.04 Å². The van der Waals surface area contributed by atoms with Gasteiger partial charge in [0.25, 0.3) is 0 Å². The van der Waals surface area contributed by atoms with Crippen LogP contribution in [0.25, 0.3) is 0 Å². The second kappa shape index (κ2) is 6.96. The van der Waals surface area contributed by atoms with Gasteiger partial charge in [0.05, 0.1) is 5.92 Å². The summed E-state index contributed by atoms with van der Waals surface area (Å²) in [5.41, 5.74) is 0. The van der Waals surface area contributed by atoms with Gasteiger partial charge in [0.15, 0.2) is 0 Å². The van der Waals surface area contributed by atoms with Crippen LogP contribution in [-0.2, 0) is 0 Å². The van der Waals surface area contributed by atoms with Crippen LogP contribution in [0.2, 0.25) is 0 Å². The van der Waals surface area contributed by atoms with Gasteiger partial charge in [-0.25, -0.2) is 0 Å². The molecule has 2 aliphatic carbocycles. The topological polar surface area (TPSA) is 12.0 Å². The summed E-state index contributed by atoms with van der Waals surface area (Å²) >= 11 is 0. The number of hydrogen-bond donors (Lipinski definition) is 1. The molecule has 0 heterocycles. The van der Waals surface area contributed by atoms with Gasteiger partial charge < -0.3 is 5.32 Å². The van der Waals surface area contributed by atoms with E-state index in [1.807, 2.05) is 0 Å². The third-order valence-corrected chi connectivity index (χ3v) is 4.85. The summed E-state index contributed by atoms with van der Waals surface area (Å²) in [6.45, 7) is 0.903. The molecule has 0 bridgehead atoms. The van der Waals surface area contributed by atoms with Crippen molar-refractivity contribution in [3.8, 4) is 0 Å². The fourth-order valence-electron chi connectivity index (χ4n) is 3.64. The Morgan fingerprint density at radius 1 is 0.895 bits per heavy atom. The Hall–Kier alpha value is -0.250. The molecule has 0 aromatic heterocycles. The molecule has 2 aliphatic rings. The molecule has 1 nitrogen and oxygen atoms in total. The fraction of sp³-hybridized carbons (Fsp3) is 1.00. The highest BCUT2D eigenvalue weighted by molar-refractivity contribution is 4.82. The summed E-state index contributed by atoms with van der Waals surface area (Å²) in [6, 6.07) is 0.0870. The predicted octanol–water partition coefficient (Wildman–Crippen LogP) is 4.67. The zero-order valence-corrected chi connectivity index (χ0v) is 11.6. The zero-order valence-electron chi connectivity index (χ0n) is 11.6. The first-order valence-corrected chi connectivity index (χ1v) is 7.86. The number of rotatable bonds is 4. The van der Waals surface area contributed by atoms with E-state index in [1.165, 1.54) is 32.1 Å². The van der Waals surface area contributed by atoms with E-state index in [9.17, 15) is 13.2 Å². The van der Waals surface area contributed by atoms with E-state index < -0.39 is 12.1 Å². The molecule has 19 heavy (non-hydrogen) atoms. The predicted molar refractivity (Wildman–Crippen MR) is 71.0 cm³/mol. The van der Waals surface area contributed by atoms with Gasteiger partial charge in [0.2, 0.25) is 0 Å². The molecule has 0 aliphatic heterocycles. The van der Waals surface area contributed by atoms with Crippen molar-refractivity contribution in [2.24, 2.45) is 11.8 Å². The van der Waals surface area contributed by atoms with Crippen LogP contribution < -0.4 is 5.32 Å². The molecule has 0 radical (unpaired) electrons. The second-order valence-corrected chi connectivity index (χ2v) is 6.35. The fourth-order valence-corrected chi connectivity index (χ4v) is 3.64. The van der Waals surface area contributed by atoms with Gasteiger partial charge in [-0.1, -0.05) is 38.5 Å². The van der Waals surface area contributed by atoms with E-state index in [-0.39, 0.29) is 12.5 Å². The molecular formula is C15H26F3N. The summed E-state index contributed by atoms with van der Waals surface area (Å²) in [5.74, 6) is -0.267. The van der Waals surface area contributed by atoms with Crippen molar-refractivity contribution in [3.63, 3.8) is 0 Å². The van der Waals surface area contributed by atoms with Crippen molar-refractivity contribution < 1.29 is 13.2 Å². The van der Waals surface area contributed by atoms with Crippen molar-refractivity contribution in [3.05, 3.63) is 0 Å². The minimum absolute atomic E-state index is 0.0870. The maximum atomic E-state index is 12.7. The number of hydrogen-bond acceptors (Lipinski definition) is 1. The molecule has 2 saturated carbocycles. The van der Waals surface area contributed by atoms with Crippen LogP contribution in [0.1, 0.15) is 64.2 Å². The third kappa shape index (κ3) is 4.97. The largest absolute Gasteiger partial charge is 0.391 e. The molecule has 2 unspecified atom stereocenters. The van der Waals surface area contributed by atoms with Crippen molar-refractivity contribution in [1.29, 1.82) is 0 Å². The van der Waals surface area contributed by atoms with Crippen LogP contribution in [0.5, 0.6) is 0 Å². The standard InChI is InChI=1S/C15H26F3N/c16-15(17,18)13-7-4-8-14(11-13)19-10-9-12-5-2-1-3-6-12/h12-14,19H,1-11H2. The molecule has 2 atom stereocenters. The lowest BCUT2D eigenvalue weighted by Gasteiger charge is -2.31. The van der Waals surface area contributed by atoms with Crippen LogP contribution in [0.15, 0.2) is 0 Å². The first-order valence-electron chi connectivity index (χ1n) is 7.86. The van der Waals surface area contributed by atoms with Gasteiger partial charge in [-0.15, -0.1) is 0 Å². The Kier molecular flexibility index (Phi) is 5.55. The maximum Gasteiger partial charge on any atom is 0.391 e. The molecule has 1 N–H and O–H groups in total. The quantitative estimate of drug-likeness (QED) is 0.787. The number of halogens is 3. The van der Waals surface area contributed by atoms with Crippen molar-refractivity contribution in [1.82, 2.24) is 5.32 Å². The van der Waals surface area contributed by atoms with E-state index in [0.29, 0.717) is 12.8 Å². The molecular weight excluding hydrogens is 251 g/mol. The van der Waals surface area contributed by atoms with Crippen molar-refractivity contribution in [2.75, 3.05) is 6.54 Å². The van der Waals surface area contributed by atoms with Gasteiger partial charge in [-0.2, -0.15) is 13.2 Å². The molecule has 2 fully saturated rings. The Bertz CT molecular complexity index is 259. The summed E-state index contributed by atoms with van der Waals surface area (Å²) in [5, 5.41) is 3.37. The minimum Gasteiger partial charge on any atom is -0.314 e. The minimum atomic E-state index is -4.00. The Morgan fingerprint density at radius 2 is 1.63 bits per heavy atom. The summed E-state index contributed by atoms with van der Waals surface area (Å²) < 4.78 is 38.1. The zero-order chi connectivity index (χ0) is 13.7. The Labute approximate surface area is 114 Å². The summed E-state index contributed by atoms with van der Waals surface area (Å²) in [6.07, 6.45) is 6.06. The first kappa shape index (κ1) is 15.1. The maximum absolute atomic E-state index is 12.7. The van der Waals surface area contributed by atoms with E-state index in [2.05, 4.69) is 5.32 Å². The molecule has 4 heteroatoms. The van der Waals surface area contributed by atoms with Gasteiger partial charge in [0.1, 0.15) is 0 Å². The van der Waals surface area contributed by atoms with Crippen LogP contribution >= 0.6 is 0 Å². The van der Waals surface area contributed by atoms with Crippen molar-refractivity contribution >= 4 is 0 Å². The van der Waals surface area contributed by atoms with Crippen molar-refractivity contribution in [2.45, 2.75) is 76.4 Å². The highest BCUT2D eigenvalue weighted by Crippen LogP contribution is 2.37. The average molecular weight is 277 g/mol. The normalized spacial score (nSPS) is 30.5. The van der Waals surface area contributed by atoms with E-state index in [0.717, 1.165) is 25.3 Å². The molecule has 0 spiro atoms. The average Bonchev–Trinajstić information content (AvgIpc) is 2.39. The SMILES string of the molecule is FC(F)(F)C1CCCC(NCCC2CCCCC2)C1. The lowest BCUT2D eigenvalue weighted by atomic mass is 9.84. The molecule has 0 aromatic rings. The molecule has 2 rings (SSSR count). The monoisotopic (exact) mass is 277 g/mol. The molecule has 112 valence electrons. The molecule has 0 saturated heterocycles. The van der Waals surface area contributed by atoms with Gasteiger partial charge in [-0.05, 0) is 38.1 Å². The second-order valence-electron chi connectivity index (χ2n) is 6.35. The Morgan fingerprint density at radius 3 is 2.32 bits per heavy atom. The number of nitrogens with one attached hydrogen (secondary N) is 1. The summed E-state index contributed by atoms with van der Waals surface area (Å²) in [7, 11) is 0. The van der Waals surface area contributed by atoms with Crippen LogP contribution in [0.4, 0.5) is 13.2 Å².